The molecule has 1 aromatic rings. The topological polar surface area (TPSA) is 29.1 Å². The van der Waals surface area contributed by atoms with E-state index in [0.29, 0.717) is 5.92 Å². The van der Waals surface area contributed by atoms with Gasteiger partial charge in [0.2, 0.25) is 0 Å². The highest BCUT2D eigenvalue weighted by Gasteiger charge is 2.32. The molecule has 0 aliphatic heterocycles. The third-order valence-electron chi connectivity index (χ3n) is 3.95. The van der Waals surface area contributed by atoms with Crippen molar-refractivity contribution in [3.8, 4) is 0 Å². The maximum atomic E-state index is 12.4. The maximum Gasteiger partial charge on any atom is 0.0976 e. The highest BCUT2D eigenvalue weighted by atomic mass is 35.5. The monoisotopic (exact) mass is 313 g/mol. The molecule has 0 heterocycles. The van der Waals surface area contributed by atoms with Crippen LogP contribution in [0.1, 0.15) is 57.2 Å². The van der Waals surface area contributed by atoms with Crippen molar-refractivity contribution in [1.29, 1.82) is 0 Å². The minimum atomic E-state index is -1.05. The van der Waals surface area contributed by atoms with E-state index < -0.39 is 11.0 Å². The van der Waals surface area contributed by atoms with Crippen LogP contribution in [0.4, 0.5) is 0 Å². The summed E-state index contributed by atoms with van der Waals surface area (Å²) in [6, 6.07) is 6.29. The second-order valence-corrected chi connectivity index (χ2v) is 9.08. The highest BCUT2D eigenvalue weighted by molar-refractivity contribution is 7.84. The molecule has 20 heavy (non-hydrogen) atoms. The Morgan fingerprint density at radius 3 is 2.45 bits per heavy atom. The van der Waals surface area contributed by atoms with Crippen molar-refractivity contribution >= 4 is 22.6 Å². The van der Waals surface area contributed by atoms with Crippen molar-refractivity contribution in [2.24, 2.45) is 5.92 Å². The molecule has 2 nitrogen and oxygen atoms in total. The van der Waals surface area contributed by atoms with Gasteiger partial charge in [0, 0.05) is 11.1 Å². The van der Waals surface area contributed by atoms with E-state index in [1.807, 2.05) is 33.8 Å². The number of aryl methyl sites for hydroxylation is 1. The molecule has 0 saturated heterocycles. The molecular weight excluding hydrogens is 290 g/mol. The fraction of sp³-hybridized carbons (Fsp3) is 0.625. The fourth-order valence-electron chi connectivity index (χ4n) is 2.36. The maximum absolute atomic E-state index is 12.4. The van der Waals surface area contributed by atoms with E-state index in [-0.39, 0.29) is 10.8 Å². The third-order valence-corrected chi connectivity index (χ3v) is 5.96. The van der Waals surface area contributed by atoms with E-state index in [2.05, 4.69) is 16.9 Å². The van der Waals surface area contributed by atoms with Gasteiger partial charge >= 0.3 is 0 Å². The summed E-state index contributed by atoms with van der Waals surface area (Å²) in [5.41, 5.74) is 2.28. The Kier molecular flexibility index (Phi) is 4.93. The van der Waals surface area contributed by atoms with Crippen molar-refractivity contribution < 1.29 is 4.21 Å². The van der Waals surface area contributed by atoms with Crippen LogP contribution in [0.2, 0.25) is 5.02 Å². The van der Waals surface area contributed by atoms with Gasteiger partial charge < -0.3 is 0 Å². The lowest BCUT2D eigenvalue weighted by Gasteiger charge is -2.36. The third kappa shape index (κ3) is 3.63. The van der Waals surface area contributed by atoms with Crippen molar-refractivity contribution in [2.45, 2.75) is 57.7 Å². The van der Waals surface area contributed by atoms with Crippen molar-refractivity contribution in [3.05, 3.63) is 34.3 Å². The Bertz CT molecular complexity index is 506. The molecule has 0 aromatic heterocycles. The summed E-state index contributed by atoms with van der Waals surface area (Å²) in [5, 5.41) is 0.790. The van der Waals surface area contributed by atoms with E-state index >= 15 is 0 Å². The van der Waals surface area contributed by atoms with E-state index in [0.717, 1.165) is 10.6 Å². The number of halogens is 1. The Labute approximate surface area is 129 Å². The summed E-state index contributed by atoms with van der Waals surface area (Å²) in [7, 11) is -1.05. The Balaban J connectivity index is 2.23. The van der Waals surface area contributed by atoms with Crippen LogP contribution in [0.15, 0.2) is 18.2 Å². The van der Waals surface area contributed by atoms with E-state index in [1.165, 1.54) is 24.8 Å². The minimum Gasteiger partial charge on any atom is -0.242 e. The Morgan fingerprint density at radius 2 is 2.00 bits per heavy atom. The van der Waals surface area contributed by atoms with Crippen LogP contribution in [-0.4, -0.2) is 8.96 Å². The van der Waals surface area contributed by atoms with E-state index in [9.17, 15) is 4.21 Å². The molecule has 0 bridgehead atoms. The van der Waals surface area contributed by atoms with Crippen LogP contribution in [0.3, 0.4) is 0 Å². The van der Waals surface area contributed by atoms with Crippen LogP contribution >= 0.6 is 11.6 Å². The van der Waals surface area contributed by atoms with Crippen molar-refractivity contribution in [1.82, 2.24) is 4.72 Å². The van der Waals surface area contributed by atoms with Crippen molar-refractivity contribution in [2.75, 3.05) is 0 Å². The molecule has 1 aliphatic carbocycles. The lowest BCUT2D eigenvalue weighted by Crippen LogP contribution is -2.40. The summed E-state index contributed by atoms with van der Waals surface area (Å²) in [6.45, 7) is 8.02. The normalized spacial score (nSPS) is 19.4. The van der Waals surface area contributed by atoms with Crippen LogP contribution < -0.4 is 4.72 Å². The van der Waals surface area contributed by atoms with Gasteiger partial charge in [-0.15, -0.1) is 0 Å². The molecule has 2 atom stereocenters. The molecule has 4 heteroatoms. The number of rotatable bonds is 4. The Morgan fingerprint density at radius 1 is 1.35 bits per heavy atom. The zero-order chi connectivity index (χ0) is 14.9. The molecule has 0 unspecified atom stereocenters. The Hall–Kier alpha value is -0.380. The number of hydrogen-bond acceptors (Lipinski definition) is 1. The second-order valence-electron chi connectivity index (χ2n) is 6.68. The quantitative estimate of drug-likeness (QED) is 0.868. The molecule has 1 aromatic carbocycles. The zero-order valence-corrected chi connectivity index (χ0v) is 14.3. The van der Waals surface area contributed by atoms with Crippen LogP contribution in [0.25, 0.3) is 0 Å². The number of hydrogen-bond donors (Lipinski definition) is 1. The summed E-state index contributed by atoms with van der Waals surface area (Å²) in [6.07, 6.45) is 3.69. The molecule has 1 fully saturated rings. The number of benzene rings is 1. The van der Waals surface area contributed by atoms with Crippen molar-refractivity contribution in [3.63, 3.8) is 0 Å². The molecule has 2 rings (SSSR count). The lowest BCUT2D eigenvalue weighted by atomic mass is 9.77. The molecular formula is C16H24ClNOS. The molecule has 0 radical (unpaired) electrons. The van der Waals surface area contributed by atoms with E-state index in [1.54, 1.807) is 0 Å². The summed E-state index contributed by atoms with van der Waals surface area (Å²) < 4.78 is 15.5. The first-order chi connectivity index (χ1) is 9.29. The highest BCUT2D eigenvalue weighted by Crippen LogP contribution is 2.39. The molecule has 1 saturated carbocycles. The second kappa shape index (κ2) is 6.17. The van der Waals surface area contributed by atoms with Gasteiger partial charge in [-0.25, -0.2) is 8.93 Å². The van der Waals surface area contributed by atoms with Gasteiger partial charge in [0.1, 0.15) is 0 Å². The fourth-order valence-corrected chi connectivity index (χ4v) is 3.39. The van der Waals surface area contributed by atoms with Crippen LogP contribution in [0.5, 0.6) is 0 Å². The molecule has 0 amide bonds. The van der Waals surface area contributed by atoms with Crippen LogP contribution in [0, 0.1) is 12.8 Å². The first-order valence-corrected chi connectivity index (χ1v) is 8.76. The average Bonchev–Trinajstić information content (AvgIpc) is 2.28. The van der Waals surface area contributed by atoms with Gasteiger partial charge in [0.25, 0.3) is 0 Å². The smallest absolute Gasteiger partial charge is 0.0976 e. The summed E-state index contributed by atoms with van der Waals surface area (Å²) >= 11 is 6.11. The van der Waals surface area contributed by atoms with Gasteiger partial charge in [-0.1, -0.05) is 30.2 Å². The molecule has 1 aliphatic rings. The summed E-state index contributed by atoms with van der Waals surface area (Å²) in [5.74, 6) is 0.585. The predicted octanol–water partition coefficient (Wildman–Crippen LogP) is 4.54. The zero-order valence-electron chi connectivity index (χ0n) is 12.7. The largest absolute Gasteiger partial charge is 0.242 e. The van der Waals surface area contributed by atoms with Gasteiger partial charge in [-0.3, -0.25) is 0 Å². The van der Waals surface area contributed by atoms with Gasteiger partial charge in [-0.2, -0.15) is 0 Å². The molecule has 1 N–H and O–H groups in total. The van der Waals surface area contributed by atoms with Gasteiger partial charge in [-0.05, 0) is 63.6 Å². The first-order valence-electron chi connectivity index (χ1n) is 7.23. The van der Waals surface area contributed by atoms with Gasteiger partial charge in [0.05, 0.1) is 15.7 Å². The molecule has 112 valence electrons. The SMILES string of the molecule is Cc1cc([C@H](N[S@](=O)C(C)(C)C)C2CCC2)ccc1Cl. The first kappa shape index (κ1) is 16.0. The van der Waals surface area contributed by atoms with E-state index in [4.69, 9.17) is 11.6 Å². The standard InChI is InChI=1S/C16H24ClNOS/c1-11-10-13(8-9-14(11)17)15(12-6-5-7-12)18-20(19)16(2,3)4/h8-10,12,15,18H,5-7H2,1-4H3/t15-,20-/m1/s1. The summed E-state index contributed by atoms with van der Waals surface area (Å²) in [4.78, 5) is 0. The molecule has 0 spiro atoms. The number of nitrogens with one attached hydrogen (secondary N) is 1. The van der Waals surface area contributed by atoms with Crippen LogP contribution in [-0.2, 0) is 11.0 Å². The average molecular weight is 314 g/mol. The van der Waals surface area contributed by atoms with Gasteiger partial charge in [0.15, 0.2) is 0 Å². The predicted molar refractivity (Wildman–Crippen MR) is 87.3 cm³/mol. The minimum absolute atomic E-state index is 0.166. The lowest BCUT2D eigenvalue weighted by molar-refractivity contribution is 0.252.